The van der Waals surface area contributed by atoms with E-state index in [9.17, 15) is 26.4 Å². The van der Waals surface area contributed by atoms with Crippen LogP contribution in [0, 0.1) is 17.5 Å². The highest BCUT2D eigenvalue weighted by Gasteiger charge is 2.25. The SMILES string of the molecule is O=C(c1ccc2ncc(OCCO)nc2c1)c1c(F)c(F)cc(CCCN[SH](=O)=O)c1F. The van der Waals surface area contributed by atoms with Crippen LogP contribution in [0.3, 0.4) is 0 Å². The molecule has 0 saturated heterocycles. The van der Waals surface area contributed by atoms with Crippen molar-refractivity contribution >= 4 is 27.7 Å². The van der Waals surface area contributed by atoms with Gasteiger partial charge in [0, 0.05) is 12.1 Å². The number of thiol groups is 1. The predicted octanol–water partition coefficient (Wildman–Crippen LogP) is 1.70. The first-order valence-electron chi connectivity index (χ1n) is 9.41. The average Bonchev–Trinajstić information content (AvgIpc) is 2.77. The van der Waals surface area contributed by atoms with Crippen LogP contribution >= 0.6 is 0 Å². The zero-order valence-electron chi connectivity index (χ0n) is 16.5. The first-order chi connectivity index (χ1) is 15.3. The predicted molar refractivity (Wildman–Crippen MR) is 109 cm³/mol. The zero-order valence-corrected chi connectivity index (χ0v) is 17.4. The second kappa shape index (κ2) is 10.5. The molecule has 0 spiro atoms. The van der Waals surface area contributed by atoms with Crippen molar-refractivity contribution in [2.75, 3.05) is 19.8 Å². The minimum atomic E-state index is -2.83. The van der Waals surface area contributed by atoms with Crippen LogP contribution in [0.25, 0.3) is 11.0 Å². The molecule has 12 heteroatoms. The van der Waals surface area contributed by atoms with Gasteiger partial charge in [-0.15, -0.1) is 0 Å². The molecule has 3 rings (SSSR count). The van der Waals surface area contributed by atoms with Crippen molar-refractivity contribution in [2.45, 2.75) is 12.8 Å². The number of aryl methyl sites for hydroxylation is 1. The smallest absolute Gasteiger partial charge is 0.232 e. The Kier molecular flexibility index (Phi) is 7.72. The van der Waals surface area contributed by atoms with E-state index < -0.39 is 39.7 Å². The molecule has 0 bridgehead atoms. The Morgan fingerprint density at radius 1 is 1.12 bits per heavy atom. The lowest BCUT2D eigenvalue weighted by molar-refractivity contribution is 0.102. The van der Waals surface area contributed by atoms with Crippen molar-refractivity contribution in [3.63, 3.8) is 0 Å². The van der Waals surface area contributed by atoms with Gasteiger partial charge in [0.25, 0.3) is 0 Å². The molecule has 0 unspecified atom stereocenters. The third-order valence-corrected chi connectivity index (χ3v) is 4.93. The zero-order chi connectivity index (χ0) is 23.3. The molecule has 0 saturated carbocycles. The van der Waals surface area contributed by atoms with Gasteiger partial charge in [-0.1, -0.05) is 0 Å². The summed E-state index contributed by atoms with van der Waals surface area (Å²) in [4.78, 5) is 21.1. The number of aliphatic hydroxyl groups excluding tert-OH is 1. The Morgan fingerprint density at radius 3 is 2.62 bits per heavy atom. The lowest BCUT2D eigenvalue weighted by atomic mass is 9.97. The quantitative estimate of drug-likeness (QED) is 0.179. The number of aromatic nitrogens is 2. The van der Waals surface area contributed by atoms with Crippen LogP contribution in [-0.4, -0.2) is 49.0 Å². The molecule has 0 aliphatic carbocycles. The summed E-state index contributed by atoms with van der Waals surface area (Å²) >= 11 is 0. The van der Waals surface area contributed by atoms with Crippen LogP contribution in [0.2, 0.25) is 0 Å². The third-order valence-electron chi connectivity index (χ3n) is 4.45. The second-order valence-electron chi connectivity index (χ2n) is 6.60. The fourth-order valence-corrected chi connectivity index (χ4v) is 3.33. The van der Waals surface area contributed by atoms with Gasteiger partial charge in [-0.25, -0.2) is 36.3 Å². The largest absolute Gasteiger partial charge is 0.474 e. The van der Waals surface area contributed by atoms with Crippen molar-refractivity contribution in [2.24, 2.45) is 0 Å². The summed E-state index contributed by atoms with van der Waals surface area (Å²) < 4.78 is 71.7. The fourth-order valence-electron chi connectivity index (χ4n) is 2.99. The molecule has 3 aromatic rings. The maximum absolute atomic E-state index is 14.9. The van der Waals surface area contributed by atoms with Crippen LogP contribution in [0.5, 0.6) is 5.88 Å². The van der Waals surface area contributed by atoms with Gasteiger partial charge in [0.15, 0.2) is 17.4 Å². The van der Waals surface area contributed by atoms with E-state index in [-0.39, 0.29) is 55.1 Å². The fraction of sp³-hybridized carbons (Fsp3) is 0.250. The number of fused-ring (bicyclic) bond motifs is 1. The first kappa shape index (κ1) is 23.6. The lowest BCUT2D eigenvalue weighted by Gasteiger charge is -2.11. The molecule has 0 radical (unpaired) electrons. The van der Waals surface area contributed by atoms with E-state index in [0.29, 0.717) is 11.6 Å². The maximum atomic E-state index is 14.9. The van der Waals surface area contributed by atoms with E-state index in [1.54, 1.807) is 0 Å². The number of hydrogen-bond donors (Lipinski definition) is 3. The van der Waals surface area contributed by atoms with Crippen LogP contribution in [0.1, 0.15) is 27.9 Å². The Bertz CT molecular complexity index is 1230. The molecule has 0 aliphatic rings. The highest BCUT2D eigenvalue weighted by atomic mass is 32.2. The number of nitrogens with one attached hydrogen (secondary N) is 1. The number of aliphatic hydroxyl groups is 1. The normalized spacial score (nSPS) is 11.3. The summed E-state index contributed by atoms with van der Waals surface area (Å²) in [6.45, 7) is -0.295. The molecule has 0 fully saturated rings. The molecule has 32 heavy (non-hydrogen) atoms. The Morgan fingerprint density at radius 2 is 1.91 bits per heavy atom. The highest BCUT2D eigenvalue weighted by molar-refractivity contribution is 7.70. The van der Waals surface area contributed by atoms with Gasteiger partial charge in [0.2, 0.25) is 16.8 Å². The van der Waals surface area contributed by atoms with Gasteiger partial charge in [0.05, 0.1) is 29.4 Å². The van der Waals surface area contributed by atoms with Gasteiger partial charge < -0.3 is 9.84 Å². The van der Waals surface area contributed by atoms with Crippen molar-refractivity contribution < 1.29 is 36.2 Å². The van der Waals surface area contributed by atoms with E-state index >= 15 is 0 Å². The highest BCUT2D eigenvalue weighted by Crippen LogP contribution is 2.25. The summed E-state index contributed by atoms with van der Waals surface area (Å²) in [5.41, 5.74) is -0.881. The van der Waals surface area contributed by atoms with Crippen LogP contribution in [0.4, 0.5) is 13.2 Å². The van der Waals surface area contributed by atoms with E-state index in [2.05, 4.69) is 14.7 Å². The van der Waals surface area contributed by atoms with Crippen LogP contribution < -0.4 is 9.46 Å². The van der Waals surface area contributed by atoms with Crippen molar-refractivity contribution in [3.05, 3.63) is 64.6 Å². The standard InChI is InChI=1S/C20H18F3N3O5S/c21-13-8-11(2-1-5-25-32(29)30)18(22)17(19(13)23)20(28)12-3-4-14-15(9-12)26-16(10-24-14)31-7-6-27/h3-4,8-10,27,32H,1-2,5-7H2,(H,25,29,30). The number of rotatable bonds is 10. The Labute approximate surface area is 182 Å². The number of carbonyl (C=O) groups excluding carboxylic acids is 1. The lowest BCUT2D eigenvalue weighted by Crippen LogP contribution is -2.15. The van der Waals surface area contributed by atoms with Crippen molar-refractivity contribution in [1.29, 1.82) is 0 Å². The molecule has 170 valence electrons. The van der Waals surface area contributed by atoms with Gasteiger partial charge in [-0.3, -0.25) is 4.79 Å². The molecule has 1 aromatic heterocycles. The minimum Gasteiger partial charge on any atom is -0.474 e. The van der Waals surface area contributed by atoms with Gasteiger partial charge in [0.1, 0.15) is 12.4 Å². The summed E-state index contributed by atoms with van der Waals surface area (Å²) in [7, 11) is -2.83. The van der Waals surface area contributed by atoms with Crippen molar-refractivity contribution in [1.82, 2.24) is 14.7 Å². The van der Waals surface area contributed by atoms with Crippen LogP contribution in [0.15, 0.2) is 30.5 Å². The van der Waals surface area contributed by atoms with E-state index in [0.717, 1.165) is 0 Å². The number of benzene rings is 2. The Hall–Kier alpha value is -3.09. The minimum absolute atomic E-state index is 0.0234. The molecular formula is C20H18F3N3O5S. The summed E-state index contributed by atoms with van der Waals surface area (Å²) in [6, 6.07) is 4.59. The molecule has 0 atom stereocenters. The average molecular weight is 469 g/mol. The number of halogens is 3. The molecular weight excluding hydrogens is 451 g/mol. The van der Waals surface area contributed by atoms with Crippen molar-refractivity contribution in [3.8, 4) is 5.88 Å². The number of hydrogen-bond acceptors (Lipinski definition) is 7. The van der Waals surface area contributed by atoms with E-state index in [1.807, 2.05) is 0 Å². The topological polar surface area (TPSA) is 118 Å². The van der Waals surface area contributed by atoms with Crippen LogP contribution in [-0.2, 0) is 17.3 Å². The second-order valence-corrected chi connectivity index (χ2v) is 7.43. The molecule has 0 aliphatic heterocycles. The molecule has 0 amide bonds. The number of ether oxygens (including phenoxy) is 1. The van der Waals surface area contributed by atoms with Gasteiger partial charge >= 0.3 is 0 Å². The molecule has 1 heterocycles. The van der Waals surface area contributed by atoms with Gasteiger partial charge in [-0.05, 0) is 42.7 Å². The molecule has 2 N–H and O–H groups in total. The maximum Gasteiger partial charge on any atom is 0.232 e. The monoisotopic (exact) mass is 469 g/mol. The summed E-state index contributed by atoms with van der Waals surface area (Å²) in [5.74, 6) is -5.25. The first-order valence-corrected chi connectivity index (χ1v) is 10.6. The Balaban J connectivity index is 1.94. The van der Waals surface area contributed by atoms with E-state index in [1.165, 1.54) is 24.4 Å². The van der Waals surface area contributed by atoms with Gasteiger partial charge in [-0.2, -0.15) is 0 Å². The summed E-state index contributed by atoms with van der Waals surface area (Å²) in [6.07, 6.45) is 1.31. The van der Waals surface area contributed by atoms with E-state index in [4.69, 9.17) is 9.84 Å². The summed E-state index contributed by atoms with van der Waals surface area (Å²) in [5, 5.41) is 8.82. The number of nitrogens with zero attached hydrogens (tertiary/aromatic N) is 2. The molecule has 8 nitrogen and oxygen atoms in total. The third kappa shape index (κ3) is 5.39. The molecule has 2 aromatic carbocycles. The number of carbonyl (C=O) groups is 1. The number of ketones is 1.